The minimum Gasteiger partial charge on any atom is -0.295 e. The number of nitrogens with two attached hydrogens (primary N) is 1. The van der Waals surface area contributed by atoms with Crippen LogP contribution >= 0.6 is 0 Å². The summed E-state index contributed by atoms with van der Waals surface area (Å²) in [5.41, 5.74) is 4.35. The highest BCUT2D eigenvalue weighted by Crippen LogP contribution is 2.08. The second kappa shape index (κ2) is 3.12. The monoisotopic (exact) mass is 190 g/mol. The van der Waals surface area contributed by atoms with E-state index in [-0.39, 0.29) is 5.91 Å². The van der Waals surface area contributed by atoms with Crippen molar-refractivity contribution in [3.05, 3.63) is 35.8 Å². The zero-order valence-electron chi connectivity index (χ0n) is 7.69. The molecule has 2 aromatic heterocycles. The third kappa shape index (κ3) is 1.23. The van der Waals surface area contributed by atoms with E-state index in [0.717, 1.165) is 11.2 Å². The minimum absolute atomic E-state index is 0.346. The summed E-state index contributed by atoms with van der Waals surface area (Å²) in [6, 6.07) is 3.80. The second-order valence-electron chi connectivity index (χ2n) is 3.05. The number of fused-ring (bicyclic) bond motifs is 1. The highest BCUT2D eigenvalue weighted by Gasteiger charge is 2.09. The molecule has 0 aromatic carbocycles. The molecule has 0 radical (unpaired) electrons. The maximum Gasteiger partial charge on any atom is 0.283 e. The fraction of sp³-hybridized carbons (Fsp3) is 0.111. The van der Waals surface area contributed by atoms with Gasteiger partial charge in [0.1, 0.15) is 11.3 Å². The maximum atomic E-state index is 11.3. The van der Waals surface area contributed by atoms with Crippen molar-refractivity contribution in [3.63, 3.8) is 0 Å². The summed E-state index contributed by atoms with van der Waals surface area (Å²) >= 11 is 0. The molecule has 2 rings (SSSR count). The number of pyridine rings is 1. The molecular formula is C9H10N4O. The van der Waals surface area contributed by atoms with E-state index in [1.165, 1.54) is 6.20 Å². The first-order chi connectivity index (χ1) is 6.72. The summed E-state index contributed by atoms with van der Waals surface area (Å²) < 4.78 is 1.69. The molecule has 0 aliphatic carbocycles. The fourth-order valence-corrected chi connectivity index (χ4v) is 1.32. The molecule has 0 saturated carbocycles. The topological polar surface area (TPSA) is 72.4 Å². The number of amides is 1. The van der Waals surface area contributed by atoms with Gasteiger partial charge < -0.3 is 0 Å². The van der Waals surface area contributed by atoms with Crippen LogP contribution in [0, 0.1) is 6.92 Å². The van der Waals surface area contributed by atoms with Crippen LogP contribution in [0.15, 0.2) is 24.5 Å². The number of aromatic nitrogens is 2. The zero-order chi connectivity index (χ0) is 10.1. The van der Waals surface area contributed by atoms with Crippen molar-refractivity contribution in [1.29, 1.82) is 0 Å². The molecule has 0 spiro atoms. The molecule has 0 bridgehead atoms. The van der Waals surface area contributed by atoms with Crippen LogP contribution in [0.5, 0.6) is 0 Å². The van der Waals surface area contributed by atoms with E-state index in [0.29, 0.717) is 5.69 Å². The number of carbonyl (C=O) groups is 1. The number of hydrogen-bond donors (Lipinski definition) is 2. The first-order valence-corrected chi connectivity index (χ1v) is 4.17. The van der Waals surface area contributed by atoms with Gasteiger partial charge in [-0.15, -0.1) is 0 Å². The van der Waals surface area contributed by atoms with Gasteiger partial charge in [-0.25, -0.2) is 10.8 Å². The number of nitrogens with one attached hydrogen (secondary N) is 1. The van der Waals surface area contributed by atoms with Crippen LogP contribution in [-0.2, 0) is 0 Å². The normalized spacial score (nSPS) is 10.4. The molecule has 5 heteroatoms. The van der Waals surface area contributed by atoms with Crippen molar-refractivity contribution < 1.29 is 4.79 Å². The molecule has 0 aliphatic rings. The van der Waals surface area contributed by atoms with Gasteiger partial charge in [-0.05, 0) is 24.6 Å². The lowest BCUT2D eigenvalue weighted by Gasteiger charge is -1.99. The lowest BCUT2D eigenvalue weighted by atomic mass is 10.3. The van der Waals surface area contributed by atoms with E-state index in [1.807, 2.05) is 19.1 Å². The van der Waals surface area contributed by atoms with Crippen molar-refractivity contribution in [1.82, 2.24) is 14.8 Å². The van der Waals surface area contributed by atoms with E-state index in [9.17, 15) is 4.79 Å². The number of hydrogen-bond acceptors (Lipinski definition) is 3. The van der Waals surface area contributed by atoms with Crippen molar-refractivity contribution in [2.75, 3.05) is 0 Å². The summed E-state index contributed by atoms with van der Waals surface area (Å²) in [7, 11) is 0. The molecule has 0 aliphatic heterocycles. The fourth-order valence-electron chi connectivity index (χ4n) is 1.32. The lowest BCUT2D eigenvalue weighted by Crippen LogP contribution is -2.30. The van der Waals surface area contributed by atoms with E-state index >= 15 is 0 Å². The molecule has 1 amide bonds. The lowest BCUT2D eigenvalue weighted by molar-refractivity contribution is 0.0948. The van der Waals surface area contributed by atoms with Gasteiger partial charge >= 0.3 is 0 Å². The maximum absolute atomic E-state index is 11.3. The Balaban J connectivity index is 2.64. The Kier molecular flexibility index (Phi) is 1.94. The van der Waals surface area contributed by atoms with Crippen molar-refractivity contribution in [3.8, 4) is 0 Å². The van der Waals surface area contributed by atoms with Gasteiger partial charge in [0.15, 0.2) is 0 Å². The van der Waals surface area contributed by atoms with Gasteiger partial charge in [0.05, 0.1) is 6.20 Å². The third-order valence-electron chi connectivity index (χ3n) is 2.03. The van der Waals surface area contributed by atoms with Gasteiger partial charge in [0.2, 0.25) is 0 Å². The summed E-state index contributed by atoms with van der Waals surface area (Å²) in [6.45, 7) is 1.97. The van der Waals surface area contributed by atoms with Gasteiger partial charge in [-0.1, -0.05) is 0 Å². The van der Waals surface area contributed by atoms with E-state index in [1.54, 1.807) is 10.6 Å². The van der Waals surface area contributed by atoms with Crippen molar-refractivity contribution in [2.45, 2.75) is 6.92 Å². The third-order valence-corrected chi connectivity index (χ3v) is 2.03. The van der Waals surface area contributed by atoms with E-state index < -0.39 is 0 Å². The number of hydrazine groups is 1. The van der Waals surface area contributed by atoms with Crippen LogP contribution < -0.4 is 11.3 Å². The van der Waals surface area contributed by atoms with Crippen LogP contribution in [0.4, 0.5) is 0 Å². The summed E-state index contributed by atoms with van der Waals surface area (Å²) in [6.07, 6.45) is 3.29. The van der Waals surface area contributed by atoms with E-state index in [4.69, 9.17) is 5.84 Å². The van der Waals surface area contributed by atoms with Crippen LogP contribution in [0.3, 0.4) is 0 Å². The van der Waals surface area contributed by atoms with Gasteiger partial charge in [0, 0.05) is 6.20 Å². The van der Waals surface area contributed by atoms with Crippen molar-refractivity contribution in [2.24, 2.45) is 5.84 Å². The molecule has 2 aromatic rings. The molecule has 0 saturated heterocycles. The van der Waals surface area contributed by atoms with E-state index in [2.05, 4.69) is 10.4 Å². The molecular weight excluding hydrogens is 180 g/mol. The summed E-state index contributed by atoms with van der Waals surface area (Å²) in [5, 5.41) is 0. The molecule has 72 valence electrons. The molecule has 0 unspecified atom stereocenters. The highest BCUT2D eigenvalue weighted by atomic mass is 16.2. The molecule has 0 fully saturated rings. The Bertz CT molecular complexity index is 489. The van der Waals surface area contributed by atoms with Gasteiger partial charge in [-0.3, -0.25) is 14.6 Å². The average Bonchev–Trinajstić information content (AvgIpc) is 2.59. The Morgan fingerprint density at radius 2 is 2.43 bits per heavy atom. The van der Waals surface area contributed by atoms with Gasteiger partial charge in [0.25, 0.3) is 5.91 Å². The summed E-state index contributed by atoms with van der Waals surface area (Å²) in [4.78, 5) is 15.4. The van der Waals surface area contributed by atoms with Crippen LogP contribution in [0.2, 0.25) is 0 Å². The highest BCUT2D eigenvalue weighted by molar-refractivity contribution is 5.92. The molecule has 2 heterocycles. The number of imidazole rings is 1. The number of nitrogen functional groups attached to an aromatic ring is 1. The number of rotatable bonds is 1. The summed E-state index contributed by atoms with van der Waals surface area (Å²) in [5.74, 6) is 4.70. The molecule has 14 heavy (non-hydrogen) atoms. The van der Waals surface area contributed by atoms with Crippen LogP contribution in [-0.4, -0.2) is 15.3 Å². The first-order valence-electron chi connectivity index (χ1n) is 4.17. The average molecular weight is 190 g/mol. The second-order valence-corrected chi connectivity index (χ2v) is 3.05. The van der Waals surface area contributed by atoms with Crippen LogP contribution in [0.1, 0.15) is 16.1 Å². The smallest absolute Gasteiger partial charge is 0.283 e. The standard InChI is InChI=1S/C9H10N4O/c1-6-2-3-13-7(9(14)12-10)5-11-8(13)4-6/h2-5H,10H2,1H3,(H,12,14). The largest absolute Gasteiger partial charge is 0.295 e. The Hall–Kier alpha value is -1.88. The predicted octanol–water partition coefficient (Wildman–Crippen LogP) is 0.246. The first kappa shape index (κ1) is 8.71. The number of aryl methyl sites for hydroxylation is 1. The Morgan fingerprint density at radius 1 is 1.64 bits per heavy atom. The zero-order valence-corrected chi connectivity index (χ0v) is 7.69. The van der Waals surface area contributed by atoms with Crippen molar-refractivity contribution >= 4 is 11.6 Å². The van der Waals surface area contributed by atoms with Crippen LogP contribution in [0.25, 0.3) is 5.65 Å². The molecule has 0 atom stereocenters. The quantitative estimate of drug-likeness (QED) is 0.384. The molecule has 5 nitrogen and oxygen atoms in total. The predicted molar refractivity (Wildman–Crippen MR) is 51.6 cm³/mol. The van der Waals surface area contributed by atoms with Gasteiger partial charge in [-0.2, -0.15) is 0 Å². The Morgan fingerprint density at radius 3 is 3.14 bits per heavy atom. The SMILES string of the molecule is Cc1ccn2c(C(=O)NN)cnc2c1. The molecule has 3 N–H and O–H groups in total. The number of carbonyl (C=O) groups excluding carboxylic acids is 1. The number of nitrogens with zero attached hydrogens (tertiary/aromatic N) is 2. The minimum atomic E-state index is -0.346. The Labute approximate surface area is 80.5 Å².